The summed E-state index contributed by atoms with van der Waals surface area (Å²) in [6, 6.07) is 3.72. The van der Waals surface area contributed by atoms with Gasteiger partial charge in [0.05, 0.1) is 6.33 Å². The van der Waals surface area contributed by atoms with Gasteiger partial charge in [-0.05, 0) is 43.7 Å². The summed E-state index contributed by atoms with van der Waals surface area (Å²) in [7, 11) is 0. The molecule has 8 nitrogen and oxygen atoms in total. The van der Waals surface area contributed by atoms with Crippen molar-refractivity contribution in [3.05, 3.63) is 42.6 Å². The molecule has 2 aliphatic heterocycles. The molecular formula is C22H30N6O2. The van der Waals surface area contributed by atoms with Gasteiger partial charge in [-0.2, -0.15) is 0 Å². The number of likely N-dealkylation sites (tertiary alicyclic amines) is 1. The number of carbonyl (C=O) groups is 2. The zero-order chi connectivity index (χ0) is 20.8. The molecule has 0 saturated carbocycles. The molecule has 2 amide bonds. The molecule has 1 N–H and O–H groups in total. The molecule has 4 rings (SSSR count). The maximum absolute atomic E-state index is 13.1. The van der Waals surface area contributed by atoms with Gasteiger partial charge in [-0.1, -0.05) is 0 Å². The van der Waals surface area contributed by atoms with Crippen LogP contribution in [0, 0.1) is 5.92 Å². The third-order valence-corrected chi connectivity index (χ3v) is 5.95. The van der Waals surface area contributed by atoms with E-state index in [4.69, 9.17) is 0 Å². The van der Waals surface area contributed by atoms with E-state index in [2.05, 4.69) is 20.2 Å². The van der Waals surface area contributed by atoms with Gasteiger partial charge in [-0.25, -0.2) is 9.97 Å². The van der Waals surface area contributed by atoms with E-state index in [1.165, 1.54) is 12.8 Å². The first-order valence-corrected chi connectivity index (χ1v) is 10.9. The molecule has 2 fully saturated rings. The smallest absolute Gasteiger partial charge is 0.254 e. The monoisotopic (exact) mass is 410 g/mol. The van der Waals surface area contributed by atoms with E-state index in [0.29, 0.717) is 31.6 Å². The summed E-state index contributed by atoms with van der Waals surface area (Å²) in [5, 5.41) is 2.98. The van der Waals surface area contributed by atoms with Crippen LogP contribution in [-0.4, -0.2) is 64.0 Å². The van der Waals surface area contributed by atoms with Gasteiger partial charge in [0, 0.05) is 69.8 Å². The number of imidazole rings is 1. The zero-order valence-electron chi connectivity index (χ0n) is 17.4. The number of amides is 2. The molecule has 2 aromatic heterocycles. The van der Waals surface area contributed by atoms with E-state index in [-0.39, 0.29) is 17.7 Å². The molecule has 160 valence electrons. The second-order valence-corrected chi connectivity index (χ2v) is 8.21. The number of piperidine rings is 1. The lowest BCUT2D eigenvalue weighted by Crippen LogP contribution is -2.41. The predicted octanol–water partition coefficient (Wildman–Crippen LogP) is 1.94. The van der Waals surface area contributed by atoms with Crippen molar-refractivity contribution in [1.29, 1.82) is 0 Å². The molecule has 8 heteroatoms. The Labute approximate surface area is 177 Å². The van der Waals surface area contributed by atoms with Crippen LogP contribution >= 0.6 is 0 Å². The second kappa shape index (κ2) is 9.73. The largest absolute Gasteiger partial charge is 0.357 e. The minimum absolute atomic E-state index is 0.0445. The zero-order valence-corrected chi connectivity index (χ0v) is 17.4. The summed E-state index contributed by atoms with van der Waals surface area (Å²) in [5.74, 6) is 1.19. The van der Waals surface area contributed by atoms with Crippen LogP contribution in [-0.2, 0) is 11.3 Å². The third-order valence-electron chi connectivity index (χ3n) is 5.95. The maximum atomic E-state index is 13.1. The molecular weight excluding hydrogens is 380 g/mol. The van der Waals surface area contributed by atoms with Crippen molar-refractivity contribution in [2.75, 3.05) is 37.6 Å². The van der Waals surface area contributed by atoms with Crippen LogP contribution in [0.3, 0.4) is 0 Å². The number of hydrogen-bond donors (Lipinski definition) is 1. The lowest BCUT2D eigenvalue weighted by atomic mass is 9.94. The van der Waals surface area contributed by atoms with E-state index in [9.17, 15) is 9.59 Å². The standard InChI is InChI=1S/C22H30N6O2/c29-21(25-8-13-26-12-7-23-17-26)14-18-4-3-11-28(16-18)22(30)19-5-6-24-20(15-19)27-9-1-2-10-27/h5-7,12,15,17-18H,1-4,8-11,13-14,16H2,(H,25,29)/t18-/m0/s1. The van der Waals surface area contributed by atoms with Crippen LogP contribution in [0.4, 0.5) is 5.82 Å². The van der Waals surface area contributed by atoms with Crippen molar-refractivity contribution in [2.45, 2.75) is 38.6 Å². The second-order valence-electron chi connectivity index (χ2n) is 8.21. The number of nitrogens with one attached hydrogen (secondary N) is 1. The Morgan fingerprint density at radius 2 is 2.00 bits per heavy atom. The molecule has 4 heterocycles. The highest BCUT2D eigenvalue weighted by Gasteiger charge is 2.26. The van der Waals surface area contributed by atoms with Crippen LogP contribution in [0.5, 0.6) is 0 Å². The Morgan fingerprint density at radius 1 is 1.13 bits per heavy atom. The van der Waals surface area contributed by atoms with Crippen LogP contribution in [0.15, 0.2) is 37.1 Å². The van der Waals surface area contributed by atoms with Gasteiger partial charge in [-0.3, -0.25) is 9.59 Å². The Morgan fingerprint density at radius 3 is 2.80 bits per heavy atom. The van der Waals surface area contributed by atoms with Crippen LogP contribution in [0.2, 0.25) is 0 Å². The van der Waals surface area contributed by atoms with E-state index >= 15 is 0 Å². The molecule has 0 unspecified atom stereocenters. The minimum Gasteiger partial charge on any atom is -0.357 e. The third kappa shape index (κ3) is 5.17. The van der Waals surface area contributed by atoms with Gasteiger partial charge in [-0.15, -0.1) is 0 Å². The first-order valence-electron chi connectivity index (χ1n) is 10.9. The minimum atomic E-state index is 0.0445. The van der Waals surface area contributed by atoms with Gasteiger partial charge >= 0.3 is 0 Å². The normalized spacial score (nSPS) is 19.1. The number of aromatic nitrogens is 3. The van der Waals surface area contributed by atoms with Crippen molar-refractivity contribution in [3.63, 3.8) is 0 Å². The summed E-state index contributed by atoms with van der Waals surface area (Å²) in [5.41, 5.74) is 0.692. The first kappa shape index (κ1) is 20.4. The molecule has 0 radical (unpaired) electrons. The Bertz CT molecular complexity index is 847. The summed E-state index contributed by atoms with van der Waals surface area (Å²) in [6.45, 7) is 4.69. The van der Waals surface area contributed by atoms with Crippen LogP contribution < -0.4 is 10.2 Å². The molecule has 2 aliphatic rings. The molecule has 0 aromatic carbocycles. The molecule has 1 atom stereocenters. The Kier molecular flexibility index (Phi) is 6.61. The number of nitrogens with zero attached hydrogens (tertiary/aromatic N) is 5. The van der Waals surface area contributed by atoms with Crippen molar-refractivity contribution in [3.8, 4) is 0 Å². The van der Waals surface area contributed by atoms with E-state index in [1.54, 1.807) is 24.8 Å². The lowest BCUT2D eigenvalue weighted by Gasteiger charge is -2.32. The number of carbonyl (C=O) groups excluding carboxylic acids is 2. The van der Waals surface area contributed by atoms with Gasteiger partial charge < -0.3 is 19.7 Å². The number of rotatable bonds is 7. The van der Waals surface area contributed by atoms with Crippen LogP contribution in [0.1, 0.15) is 42.5 Å². The molecule has 0 aliphatic carbocycles. The highest BCUT2D eigenvalue weighted by Crippen LogP contribution is 2.23. The van der Waals surface area contributed by atoms with Gasteiger partial charge in [0.15, 0.2) is 0 Å². The fourth-order valence-electron chi connectivity index (χ4n) is 4.35. The molecule has 30 heavy (non-hydrogen) atoms. The summed E-state index contributed by atoms with van der Waals surface area (Å²) >= 11 is 0. The van der Waals surface area contributed by atoms with Gasteiger partial charge in [0.25, 0.3) is 5.91 Å². The fraction of sp³-hybridized carbons (Fsp3) is 0.545. The molecule has 0 spiro atoms. The summed E-state index contributed by atoms with van der Waals surface area (Å²) in [4.78, 5) is 38.0. The maximum Gasteiger partial charge on any atom is 0.254 e. The van der Waals surface area contributed by atoms with Gasteiger partial charge in [0.1, 0.15) is 5.82 Å². The quantitative estimate of drug-likeness (QED) is 0.754. The van der Waals surface area contributed by atoms with Crippen molar-refractivity contribution in [2.24, 2.45) is 5.92 Å². The highest BCUT2D eigenvalue weighted by atomic mass is 16.2. The summed E-state index contributed by atoms with van der Waals surface area (Å²) < 4.78 is 1.94. The first-order chi connectivity index (χ1) is 14.7. The topological polar surface area (TPSA) is 83.4 Å². The van der Waals surface area contributed by atoms with E-state index < -0.39 is 0 Å². The SMILES string of the molecule is O=C(C[C@@H]1CCCN(C(=O)c2ccnc(N3CCCC3)c2)C1)NCCn1ccnc1. The van der Waals surface area contributed by atoms with Gasteiger partial charge in [0.2, 0.25) is 5.91 Å². The molecule has 2 saturated heterocycles. The number of anilines is 1. The number of hydrogen-bond acceptors (Lipinski definition) is 5. The van der Waals surface area contributed by atoms with Crippen molar-refractivity contribution >= 4 is 17.6 Å². The lowest BCUT2D eigenvalue weighted by molar-refractivity contribution is -0.122. The molecule has 0 bridgehead atoms. The Balaban J connectivity index is 1.28. The fourth-order valence-corrected chi connectivity index (χ4v) is 4.35. The molecule has 2 aromatic rings. The van der Waals surface area contributed by atoms with E-state index in [0.717, 1.165) is 38.3 Å². The van der Waals surface area contributed by atoms with Crippen molar-refractivity contribution < 1.29 is 9.59 Å². The van der Waals surface area contributed by atoms with Crippen molar-refractivity contribution in [1.82, 2.24) is 24.8 Å². The van der Waals surface area contributed by atoms with E-state index in [1.807, 2.05) is 21.7 Å². The highest BCUT2D eigenvalue weighted by molar-refractivity contribution is 5.95. The Hall–Kier alpha value is -2.90. The van der Waals surface area contributed by atoms with Crippen LogP contribution in [0.25, 0.3) is 0 Å². The average molecular weight is 411 g/mol. The number of pyridine rings is 1. The average Bonchev–Trinajstić information content (AvgIpc) is 3.48. The predicted molar refractivity (Wildman–Crippen MR) is 114 cm³/mol. The summed E-state index contributed by atoms with van der Waals surface area (Å²) in [6.07, 6.45) is 11.8.